The lowest BCUT2D eigenvalue weighted by Crippen LogP contribution is -2.36. The molecule has 2 aliphatic rings. The molecule has 104 valence electrons. The lowest BCUT2D eigenvalue weighted by Gasteiger charge is -2.23. The highest BCUT2D eigenvalue weighted by atomic mass is 16.7. The quantitative estimate of drug-likeness (QED) is 0.877. The van der Waals surface area contributed by atoms with Crippen LogP contribution in [-0.4, -0.2) is 43.6 Å². The van der Waals surface area contributed by atoms with Crippen molar-refractivity contribution < 1.29 is 24.1 Å². The standard InChI is InChI=1S/C14H18O5/c1-16-14-12(11-10(19-14)8-18-13(11)15)17-7-9-5-3-2-4-6-9/h2-6,10-15H,7-8H2,1H3/t10-,11-,12+,13-,14+/m1/s1. The largest absolute Gasteiger partial charge is 0.368 e. The highest BCUT2D eigenvalue weighted by Gasteiger charge is 2.53. The van der Waals surface area contributed by atoms with Gasteiger partial charge in [0.1, 0.15) is 6.10 Å². The van der Waals surface area contributed by atoms with Crippen LogP contribution < -0.4 is 0 Å². The molecular formula is C14H18O5. The van der Waals surface area contributed by atoms with Crippen LogP contribution in [0.1, 0.15) is 5.56 Å². The molecule has 2 aliphatic heterocycles. The molecule has 0 amide bonds. The molecule has 0 bridgehead atoms. The van der Waals surface area contributed by atoms with Gasteiger partial charge in [0.15, 0.2) is 12.6 Å². The predicted octanol–water partition coefficient (Wildman–Crippen LogP) is 0.908. The molecule has 0 unspecified atom stereocenters. The van der Waals surface area contributed by atoms with Gasteiger partial charge in [0.25, 0.3) is 0 Å². The van der Waals surface area contributed by atoms with Crippen LogP contribution in [0.5, 0.6) is 0 Å². The number of methoxy groups -OCH3 is 1. The summed E-state index contributed by atoms with van der Waals surface area (Å²) < 4.78 is 22.0. The second kappa shape index (κ2) is 5.56. The van der Waals surface area contributed by atoms with Gasteiger partial charge in [-0.15, -0.1) is 0 Å². The number of benzene rings is 1. The fourth-order valence-corrected chi connectivity index (χ4v) is 2.68. The summed E-state index contributed by atoms with van der Waals surface area (Å²) in [5, 5.41) is 9.84. The number of hydrogen-bond acceptors (Lipinski definition) is 5. The van der Waals surface area contributed by atoms with Crippen LogP contribution in [0.3, 0.4) is 0 Å². The van der Waals surface area contributed by atoms with E-state index in [-0.39, 0.29) is 18.1 Å². The normalized spacial score (nSPS) is 37.5. The Morgan fingerprint density at radius 3 is 2.84 bits per heavy atom. The van der Waals surface area contributed by atoms with Crippen molar-refractivity contribution in [3.63, 3.8) is 0 Å². The Hall–Kier alpha value is -0.980. The zero-order valence-electron chi connectivity index (χ0n) is 10.8. The number of aliphatic hydroxyl groups is 1. The first-order valence-electron chi connectivity index (χ1n) is 6.43. The monoisotopic (exact) mass is 266 g/mol. The average molecular weight is 266 g/mol. The van der Waals surface area contributed by atoms with Crippen molar-refractivity contribution in [1.29, 1.82) is 0 Å². The topological polar surface area (TPSA) is 57.2 Å². The molecule has 0 spiro atoms. The lowest BCUT2D eigenvalue weighted by molar-refractivity contribution is -0.192. The van der Waals surface area contributed by atoms with E-state index in [1.54, 1.807) is 7.11 Å². The first kappa shape index (κ1) is 13.0. The van der Waals surface area contributed by atoms with E-state index in [0.717, 1.165) is 5.56 Å². The number of aliphatic hydroxyl groups excluding tert-OH is 1. The minimum absolute atomic E-state index is 0.152. The van der Waals surface area contributed by atoms with Crippen LogP contribution in [-0.2, 0) is 25.6 Å². The van der Waals surface area contributed by atoms with E-state index in [4.69, 9.17) is 18.9 Å². The minimum Gasteiger partial charge on any atom is -0.368 e. The van der Waals surface area contributed by atoms with Gasteiger partial charge < -0.3 is 24.1 Å². The summed E-state index contributed by atoms with van der Waals surface area (Å²) in [5.41, 5.74) is 1.08. The fraction of sp³-hybridized carbons (Fsp3) is 0.571. The number of rotatable bonds is 4. The predicted molar refractivity (Wildman–Crippen MR) is 66.1 cm³/mol. The van der Waals surface area contributed by atoms with Gasteiger partial charge >= 0.3 is 0 Å². The Kier molecular flexibility index (Phi) is 3.81. The van der Waals surface area contributed by atoms with E-state index in [1.807, 2.05) is 30.3 Å². The highest BCUT2D eigenvalue weighted by molar-refractivity contribution is 5.13. The Bertz CT molecular complexity index is 410. The number of hydrogen-bond donors (Lipinski definition) is 1. The van der Waals surface area contributed by atoms with Gasteiger partial charge in [-0.2, -0.15) is 0 Å². The van der Waals surface area contributed by atoms with E-state index < -0.39 is 12.6 Å². The van der Waals surface area contributed by atoms with Crippen LogP contribution in [0, 0.1) is 5.92 Å². The van der Waals surface area contributed by atoms with Gasteiger partial charge in [0, 0.05) is 7.11 Å². The lowest BCUT2D eigenvalue weighted by atomic mass is 10.0. The van der Waals surface area contributed by atoms with Gasteiger partial charge in [-0.05, 0) is 5.56 Å². The van der Waals surface area contributed by atoms with E-state index in [2.05, 4.69) is 0 Å². The summed E-state index contributed by atoms with van der Waals surface area (Å²) >= 11 is 0. The molecule has 1 aromatic rings. The van der Waals surface area contributed by atoms with Crippen molar-refractivity contribution >= 4 is 0 Å². The summed E-state index contributed by atoms with van der Waals surface area (Å²) in [6, 6.07) is 9.89. The van der Waals surface area contributed by atoms with E-state index >= 15 is 0 Å². The molecule has 0 aliphatic carbocycles. The second-order valence-electron chi connectivity index (χ2n) is 4.84. The SMILES string of the molecule is CO[C@H]1O[C@@H]2CO[C@@H](O)[C@H]2[C@@H]1OCc1ccccc1. The molecule has 5 heteroatoms. The maximum Gasteiger partial charge on any atom is 0.184 e. The fourth-order valence-electron chi connectivity index (χ4n) is 2.68. The van der Waals surface area contributed by atoms with Crippen molar-refractivity contribution in [2.45, 2.75) is 31.4 Å². The van der Waals surface area contributed by atoms with Gasteiger partial charge in [0.05, 0.1) is 25.2 Å². The van der Waals surface area contributed by atoms with Crippen molar-refractivity contribution in [2.24, 2.45) is 5.92 Å². The highest BCUT2D eigenvalue weighted by Crippen LogP contribution is 2.37. The maximum atomic E-state index is 9.84. The molecule has 0 saturated carbocycles. The molecule has 0 radical (unpaired) electrons. The third kappa shape index (κ3) is 2.52. The molecule has 5 atom stereocenters. The Morgan fingerprint density at radius 2 is 2.11 bits per heavy atom. The van der Waals surface area contributed by atoms with Gasteiger partial charge in [-0.1, -0.05) is 30.3 Å². The smallest absolute Gasteiger partial charge is 0.184 e. The Labute approximate surface area is 112 Å². The van der Waals surface area contributed by atoms with Crippen molar-refractivity contribution in [1.82, 2.24) is 0 Å². The first-order valence-corrected chi connectivity index (χ1v) is 6.43. The van der Waals surface area contributed by atoms with Crippen molar-refractivity contribution in [3.8, 4) is 0 Å². The summed E-state index contributed by atoms with van der Waals surface area (Å²) in [6.45, 7) is 0.849. The number of fused-ring (bicyclic) bond motifs is 1. The van der Waals surface area contributed by atoms with Crippen LogP contribution in [0.25, 0.3) is 0 Å². The van der Waals surface area contributed by atoms with Crippen LogP contribution >= 0.6 is 0 Å². The van der Waals surface area contributed by atoms with Crippen molar-refractivity contribution in [2.75, 3.05) is 13.7 Å². The summed E-state index contributed by atoms with van der Waals surface area (Å²) in [6.07, 6.45) is -1.75. The van der Waals surface area contributed by atoms with Crippen LogP contribution in [0.4, 0.5) is 0 Å². The summed E-state index contributed by atoms with van der Waals surface area (Å²) in [5.74, 6) is -0.186. The van der Waals surface area contributed by atoms with E-state index in [1.165, 1.54) is 0 Å². The summed E-state index contributed by atoms with van der Waals surface area (Å²) in [4.78, 5) is 0. The van der Waals surface area contributed by atoms with Crippen LogP contribution in [0.15, 0.2) is 30.3 Å². The average Bonchev–Trinajstić information content (AvgIpc) is 2.98. The molecular weight excluding hydrogens is 248 g/mol. The molecule has 1 aromatic carbocycles. The Morgan fingerprint density at radius 1 is 1.32 bits per heavy atom. The third-order valence-corrected chi connectivity index (χ3v) is 3.66. The maximum absolute atomic E-state index is 9.84. The molecule has 5 nitrogen and oxygen atoms in total. The van der Waals surface area contributed by atoms with Crippen LogP contribution in [0.2, 0.25) is 0 Å². The molecule has 2 fully saturated rings. The van der Waals surface area contributed by atoms with Gasteiger partial charge in [-0.25, -0.2) is 0 Å². The van der Waals surface area contributed by atoms with Gasteiger partial charge in [0.2, 0.25) is 0 Å². The van der Waals surface area contributed by atoms with E-state index in [0.29, 0.717) is 13.2 Å². The Balaban J connectivity index is 1.67. The molecule has 3 rings (SSSR count). The zero-order valence-corrected chi connectivity index (χ0v) is 10.8. The molecule has 19 heavy (non-hydrogen) atoms. The first-order chi connectivity index (χ1) is 9.29. The second-order valence-corrected chi connectivity index (χ2v) is 4.84. The summed E-state index contributed by atoms with van der Waals surface area (Å²) in [7, 11) is 1.58. The van der Waals surface area contributed by atoms with Gasteiger partial charge in [-0.3, -0.25) is 0 Å². The zero-order chi connectivity index (χ0) is 13.2. The third-order valence-electron chi connectivity index (χ3n) is 3.66. The van der Waals surface area contributed by atoms with E-state index in [9.17, 15) is 5.11 Å². The number of ether oxygens (including phenoxy) is 4. The minimum atomic E-state index is -0.842. The molecule has 2 saturated heterocycles. The van der Waals surface area contributed by atoms with Crippen molar-refractivity contribution in [3.05, 3.63) is 35.9 Å². The molecule has 1 N–H and O–H groups in total. The molecule has 2 heterocycles. The molecule has 0 aromatic heterocycles.